The Balaban J connectivity index is 2.14. The van der Waals surface area contributed by atoms with Crippen LogP contribution in [0.15, 0.2) is 24.3 Å². The summed E-state index contributed by atoms with van der Waals surface area (Å²) in [5.41, 5.74) is 6.84. The summed E-state index contributed by atoms with van der Waals surface area (Å²) >= 11 is 0. The highest BCUT2D eigenvalue weighted by Crippen LogP contribution is 2.19. The molecule has 1 aromatic rings. The number of carbonyl (C=O) groups excluding carboxylic acids is 1. The first-order chi connectivity index (χ1) is 10.3. The van der Waals surface area contributed by atoms with E-state index in [4.69, 9.17) is 5.73 Å². The topological polar surface area (TPSA) is 66.6 Å². The SMILES string of the molecule is NCC#Cc1ccc(C(=O)N2CCCCCC2CO)cc1. The highest BCUT2D eigenvalue weighted by molar-refractivity contribution is 5.94. The van der Waals surface area contributed by atoms with Crippen LogP contribution in [0.4, 0.5) is 0 Å². The zero-order valence-corrected chi connectivity index (χ0v) is 12.2. The van der Waals surface area contributed by atoms with Gasteiger partial charge in [0.2, 0.25) is 0 Å². The molecular weight excluding hydrogens is 264 g/mol. The second-order valence-corrected chi connectivity index (χ2v) is 5.27. The molecule has 4 heteroatoms. The third-order valence-electron chi connectivity index (χ3n) is 3.82. The number of likely N-dealkylation sites (tertiary alicyclic amines) is 1. The average molecular weight is 286 g/mol. The number of hydrogen-bond donors (Lipinski definition) is 2. The molecule has 0 radical (unpaired) electrons. The van der Waals surface area contributed by atoms with E-state index in [0.29, 0.717) is 12.1 Å². The molecule has 0 saturated carbocycles. The number of aliphatic hydroxyl groups is 1. The molecule has 1 heterocycles. The molecule has 4 nitrogen and oxygen atoms in total. The third-order valence-corrected chi connectivity index (χ3v) is 3.82. The van der Waals surface area contributed by atoms with Crippen LogP contribution in [-0.2, 0) is 0 Å². The van der Waals surface area contributed by atoms with E-state index >= 15 is 0 Å². The Morgan fingerprint density at radius 3 is 2.71 bits per heavy atom. The number of benzene rings is 1. The highest BCUT2D eigenvalue weighted by atomic mass is 16.3. The molecule has 1 aromatic carbocycles. The second kappa shape index (κ2) is 7.82. The van der Waals surface area contributed by atoms with Crippen LogP contribution >= 0.6 is 0 Å². The molecule has 0 aromatic heterocycles. The molecule has 0 bridgehead atoms. The highest BCUT2D eigenvalue weighted by Gasteiger charge is 2.25. The lowest BCUT2D eigenvalue weighted by atomic mass is 10.1. The van der Waals surface area contributed by atoms with Crippen LogP contribution in [0.3, 0.4) is 0 Å². The van der Waals surface area contributed by atoms with E-state index in [9.17, 15) is 9.90 Å². The molecule has 21 heavy (non-hydrogen) atoms. The molecule has 1 aliphatic rings. The van der Waals surface area contributed by atoms with E-state index in [1.165, 1.54) is 0 Å². The number of amides is 1. The van der Waals surface area contributed by atoms with Crippen molar-refractivity contribution in [2.24, 2.45) is 5.73 Å². The predicted octanol–water partition coefficient (Wildman–Crippen LogP) is 1.37. The number of nitrogens with zero attached hydrogens (tertiary/aromatic N) is 1. The Hall–Kier alpha value is -1.83. The number of aliphatic hydroxyl groups excluding tert-OH is 1. The van der Waals surface area contributed by atoms with Gasteiger partial charge in [-0.25, -0.2) is 0 Å². The molecule has 112 valence electrons. The lowest BCUT2D eigenvalue weighted by molar-refractivity contribution is 0.0600. The first-order valence-corrected chi connectivity index (χ1v) is 7.47. The van der Waals surface area contributed by atoms with E-state index < -0.39 is 0 Å². The zero-order chi connectivity index (χ0) is 15.1. The van der Waals surface area contributed by atoms with Gasteiger partial charge in [0.05, 0.1) is 19.2 Å². The maximum atomic E-state index is 12.6. The zero-order valence-electron chi connectivity index (χ0n) is 12.2. The van der Waals surface area contributed by atoms with Crippen molar-refractivity contribution >= 4 is 5.91 Å². The van der Waals surface area contributed by atoms with Crippen molar-refractivity contribution in [2.45, 2.75) is 31.7 Å². The smallest absolute Gasteiger partial charge is 0.254 e. The van der Waals surface area contributed by atoms with E-state index in [1.54, 1.807) is 12.1 Å². The van der Waals surface area contributed by atoms with Gasteiger partial charge in [-0.3, -0.25) is 4.79 Å². The lowest BCUT2D eigenvalue weighted by Crippen LogP contribution is -2.42. The minimum atomic E-state index is -0.0586. The van der Waals surface area contributed by atoms with E-state index in [1.807, 2.05) is 17.0 Å². The molecule has 1 aliphatic heterocycles. The Labute approximate surface area is 125 Å². The summed E-state index contributed by atoms with van der Waals surface area (Å²) in [5.74, 6) is 5.73. The Kier molecular flexibility index (Phi) is 5.79. The van der Waals surface area contributed by atoms with Gasteiger partial charge in [-0.2, -0.15) is 0 Å². The van der Waals surface area contributed by atoms with Gasteiger partial charge in [-0.1, -0.05) is 24.7 Å². The maximum Gasteiger partial charge on any atom is 0.254 e. The van der Waals surface area contributed by atoms with Crippen molar-refractivity contribution in [1.29, 1.82) is 0 Å². The van der Waals surface area contributed by atoms with E-state index in [-0.39, 0.29) is 18.6 Å². The summed E-state index contributed by atoms with van der Waals surface area (Å²) in [7, 11) is 0. The molecule has 1 saturated heterocycles. The van der Waals surface area contributed by atoms with Crippen molar-refractivity contribution in [2.75, 3.05) is 19.7 Å². The van der Waals surface area contributed by atoms with Crippen LogP contribution < -0.4 is 5.73 Å². The molecular formula is C17H22N2O2. The summed E-state index contributed by atoms with van der Waals surface area (Å²) < 4.78 is 0. The Bertz CT molecular complexity index is 528. The molecule has 1 amide bonds. The summed E-state index contributed by atoms with van der Waals surface area (Å²) in [6.07, 6.45) is 4.07. The molecule has 2 rings (SSSR count). The van der Waals surface area contributed by atoms with Gasteiger partial charge < -0.3 is 15.7 Å². The quantitative estimate of drug-likeness (QED) is 0.807. The second-order valence-electron chi connectivity index (χ2n) is 5.27. The normalized spacial score (nSPS) is 18.6. The van der Waals surface area contributed by atoms with Gasteiger partial charge in [-0.05, 0) is 37.1 Å². The minimum Gasteiger partial charge on any atom is -0.394 e. The summed E-state index contributed by atoms with van der Waals surface area (Å²) in [6, 6.07) is 7.20. The summed E-state index contributed by atoms with van der Waals surface area (Å²) in [5, 5.41) is 9.50. The van der Waals surface area contributed by atoms with Crippen molar-refractivity contribution in [3.8, 4) is 11.8 Å². The van der Waals surface area contributed by atoms with Crippen molar-refractivity contribution in [3.63, 3.8) is 0 Å². The molecule has 1 atom stereocenters. The van der Waals surface area contributed by atoms with Gasteiger partial charge >= 0.3 is 0 Å². The minimum absolute atomic E-state index is 0.00529. The van der Waals surface area contributed by atoms with E-state index in [2.05, 4.69) is 11.8 Å². The first kappa shape index (κ1) is 15.6. The average Bonchev–Trinajstić information content (AvgIpc) is 2.78. The van der Waals surface area contributed by atoms with Crippen molar-refractivity contribution in [1.82, 2.24) is 4.90 Å². The van der Waals surface area contributed by atoms with Crippen LogP contribution in [-0.4, -0.2) is 41.7 Å². The number of hydrogen-bond acceptors (Lipinski definition) is 3. The predicted molar refractivity (Wildman–Crippen MR) is 82.8 cm³/mol. The van der Waals surface area contributed by atoms with E-state index in [0.717, 1.165) is 37.8 Å². The fraction of sp³-hybridized carbons (Fsp3) is 0.471. The molecule has 3 N–H and O–H groups in total. The largest absolute Gasteiger partial charge is 0.394 e. The fourth-order valence-electron chi connectivity index (χ4n) is 2.65. The maximum absolute atomic E-state index is 12.6. The van der Waals surface area contributed by atoms with Gasteiger partial charge in [0, 0.05) is 17.7 Å². The van der Waals surface area contributed by atoms with Crippen LogP contribution in [0, 0.1) is 11.8 Å². The van der Waals surface area contributed by atoms with Gasteiger partial charge in [-0.15, -0.1) is 0 Å². The molecule has 0 spiro atoms. The van der Waals surface area contributed by atoms with Gasteiger partial charge in [0.15, 0.2) is 0 Å². The van der Waals surface area contributed by atoms with Crippen molar-refractivity contribution < 1.29 is 9.90 Å². The van der Waals surface area contributed by atoms with Gasteiger partial charge in [0.25, 0.3) is 5.91 Å². The number of rotatable bonds is 2. The fourth-order valence-corrected chi connectivity index (χ4v) is 2.65. The van der Waals surface area contributed by atoms with Crippen LogP contribution in [0.25, 0.3) is 0 Å². The monoisotopic (exact) mass is 286 g/mol. The molecule has 0 aliphatic carbocycles. The standard InChI is InChI=1S/C17H22N2O2/c18-11-4-5-14-7-9-15(10-8-14)17(21)19-12-3-1-2-6-16(19)13-20/h7-10,16,20H,1-3,6,11-13,18H2. The summed E-state index contributed by atoms with van der Waals surface area (Å²) in [6.45, 7) is 1.08. The lowest BCUT2D eigenvalue weighted by Gasteiger charge is -2.28. The first-order valence-electron chi connectivity index (χ1n) is 7.47. The van der Waals surface area contributed by atoms with Crippen LogP contribution in [0.2, 0.25) is 0 Å². The van der Waals surface area contributed by atoms with Crippen LogP contribution in [0.5, 0.6) is 0 Å². The third kappa shape index (κ3) is 4.07. The summed E-state index contributed by atoms with van der Waals surface area (Å²) in [4.78, 5) is 14.4. The number of carbonyl (C=O) groups is 1. The Morgan fingerprint density at radius 2 is 2.05 bits per heavy atom. The molecule has 1 fully saturated rings. The Morgan fingerprint density at radius 1 is 1.29 bits per heavy atom. The van der Waals surface area contributed by atoms with Gasteiger partial charge in [0.1, 0.15) is 0 Å². The van der Waals surface area contributed by atoms with Crippen molar-refractivity contribution in [3.05, 3.63) is 35.4 Å². The van der Waals surface area contributed by atoms with Crippen LogP contribution in [0.1, 0.15) is 41.6 Å². The number of nitrogens with two attached hydrogens (primary N) is 1. The molecule has 1 unspecified atom stereocenters.